The minimum atomic E-state index is -4.16. The Balaban J connectivity index is 1.52. The summed E-state index contributed by atoms with van der Waals surface area (Å²) in [5.74, 6) is -2.51. The molecule has 0 aliphatic carbocycles. The van der Waals surface area contributed by atoms with E-state index >= 15 is 0 Å². The molecule has 1 aliphatic rings. The van der Waals surface area contributed by atoms with Gasteiger partial charge in [0.1, 0.15) is 23.2 Å². The zero-order valence-corrected chi connectivity index (χ0v) is 17.2. The number of aliphatic hydroxyl groups is 1. The lowest BCUT2D eigenvalue weighted by Gasteiger charge is -2.21. The van der Waals surface area contributed by atoms with Crippen molar-refractivity contribution in [3.8, 4) is 0 Å². The van der Waals surface area contributed by atoms with Gasteiger partial charge in [0.2, 0.25) is 5.91 Å². The van der Waals surface area contributed by atoms with Crippen molar-refractivity contribution in [3.63, 3.8) is 0 Å². The van der Waals surface area contributed by atoms with Crippen molar-refractivity contribution in [2.75, 3.05) is 6.61 Å². The zero-order chi connectivity index (χ0) is 23.0. The quantitative estimate of drug-likeness (QED) is 0.540. The second kappa shape index (κ2) is 8.35. The van der Waals surface area contributed by atoms with E-state index in [1.54, 1.807) is 0 Å². The molecule has 1 N–H and O–H groups in total. The Hall–Kier alpha value is -3.26. The van der Waals surface area contributed by atoms with E-state index in [1.807, 2.05) is 0 Å². The SMILES string of the molecule is O=C(C(CO)c1ncccc1F)N1Cc2cn(S(=O)(=O)c3cnn(CC(F)F)c3)nc2C1. The van der Waals surface area contributed by atoms with Crippen LogP contribution in [0.5, 0.6) is 0 Å². The van der Waals surface area contributed by atoms with Crippen molar-refractivity contribution in [3.05, 3.63) is 59.7 Å². The average molecular weight is 470 g/mol. The van der Waals surface area contributed by atoms with Crippen LogP contribution in [0, 0.1) is 5.82 Å². The van der Waals surface area contributed by atoms with Gasteiger partial charge in [0.15, 0.2) is 0 Å². The number of aliphatic hydroxyl groups excluding tert-OH is 1. The van der Waals surface area contributed by atoms with Crippen LogP contribution in [0.25, 0.3) is 0 Å². The van der Waals surface area contributed by atoms with Gasteiger partial charge >= 0.3 is 0 Å². The molecule has 3 aromatic rings. The fourth-order valence-corrected chi connectivity index (χ4v) is 4.51. The molecule has 14 heteroatoms. The summed E-state index contributed by atoms with van der Waals surface area (Å²) >= 11 is 0. The van der Waals surface area contributed by atoms with Crippen molar-refractivity contribution in [1.29, 1.82) is 0 Å². The van der Waals surface area contributed by atoms with Gasteiger partial charge in [0.25, 0.3) is 16.4 Å². The Morgan fingerprint density at radius 2 is 2.03 bits per heavy atom. The number of alkyl halides is 2. The maximum atomic E-state index is 14.0. The summed E-state index contributed by atoms with van der Waals surface area (Å²) in [6.45, 7) is -1.45. The highest BCUT2D eigenvalue weighted by atomic mass is 32.2. The van der Waals surface area contributed by atoms with Gasteiger partial charge in [-0.2, -0.15) is 22.7 Å². The van der Waals surface area contributed by atoms with Gasteiger partial charge in [-0.05, 0) is 12.1 Å². The molecular formula is C18H17F3N6O4S. The molecule has 0 radical (unpaired) electrons. The lowest BCUT2D eigenvalue weighted by molar-refractivity contribution is -0.134. The van der Waals surface area contributed by atoms with Crippen molar-refractivity contribution in [2.45, 2.75) is 36.9 Å². The van der Waals surface area contributed by atoms with Gasteiger partial charge in [0.05, 0.1) is 30.7 Å². The second-order valence-corrected chi connectivity index (χ2v) is 8.86. The third kappa shape index (κ3) is 3.98. The van der Waals surface area contributed by atoms with E-state index in [0.717, 1.165) is 23.1 Å². The predicted molar refractivity (Wildman–Crippen MR) is 101 cm³/mol. The van der Waals surface area contributed by atoms with E-state index < -0.39 is 47.2 Å². The molecular weight excluding hydrogens is 453 g/mol. The van der Waals surface area contributed by atoms with Crippen molar-refractivity contribution >= 4 is 15.9 Å². The minimum absolute atomic E-state index is 0.000711. The van der Waals surface area contributed by atoms with Crippen molar-refractivity contribution in [2.24, 2.45) is 0 Å². The van der Waals surface area contributed by atoms with E-state index in [-0.39, 0.29) is 23.7 Å². The third-order valence-corrected chi connectivity index (χ3v) is 6.43. The zero-order valence-electron chi connectivity index (χ0n) is 16.3. The molecule has 0 aromatic carbocycles. The lowest BCUT2D eigenvalue weighted by Crippen LogP contribution is -2.34. The van der Waals surface area contributed by atoms with Gasteiger partial charge in [-0.15, -0.1) is 0 Å². The maximum absolute atomic E-state index is 14.0. The highest BCUT2D eigenvalue weighted by molar-refractivity contribution is 7.89. The van der Waals surface area contributed by atoms with Crippen LogP contribution < -0.4 is 0 Å². The number of carbonyl (C=O) groups excluding carboxylic acids is 1. The molecule has 1 unspecified atom stereocenters. The number of pyridine rings is 1. The summed E-state index contributed by atoms with van der Waals surface area (Å²) in [6, 6.07) is 2.50. The summed E-state index contributed by atoms with van der Waals surface area (Å²) < 4.78 is 65.9. The molecule has 32 heavy (non-hydrogen) atoms. The molecule has 0 bridgehead atoms. The topological polar surface area (TPSA) is 123 Å². The van der Waals surface area contributed by atoms with Gasteiger partial charge in [-0.25, -0.2) is 13.2 Å². The summed E-state index contributed by atoms with van der Waals surface area (Å²) in [5.41, 5.74) is 0.568. The monoisotopic (exact) mass is 470 g/mol. The molecule has 3 aromatic heterocycles. The van der Waals surface area contributed by atoms with Crippen LogP contribution in [0.15, 0.2) is 41.8 Å². The fraction of sp³-hybridized carbons (Fsp3) is 0.333. The number of amides is 1. The van der Waals surface area contributed by atoms with E-state index in [4.69, 9.17) is 0 Å². The minimum Gasteiger partial charge on any atom is -0.395 e. The molecule has 0 spiro atoms. The third-order valence-electron chi connectivity index (χ3n) is 4.95. The Morgan fingerprint density at radius 3 is 2.69 bits per heavy atom. The van der Waals surface area contributed by atoms with E-state index in [9.17, 15) is 31.5 Å². The predicted octanol–water partition coefficient (Wildman–Crippen LogP) is 0.734. The average Bonchev–Trinajstić information content (AvgIpc) is 3.44. The van der Waals surface area contributed by atoms with Crippen LogP contribution in [0.3, 0.4) is 0 Å². The molecule has 1 aliphatic heterocycles. The number of fused-ring (bicyclic) bond motifs is 1. The number of halogens is 3. The number of nitrogens with zero attached hydrogens (tertiary/aromatic N) is 6. The van der Waals surface area contributed by atoms with Crippen LogP contribution in [0.1, 0.15) is 22.9 Å². The molecule has 170 valence electrons. The number of carbonyl (C=O) groups is 1. The highest BCUT2D eigenvalue weighted by Gasteiger charge is 2.35. The smallest absolute Gasteiger partial charge is 0.286 e. The Bertz CT molecular complexity index is 1240. The molecule has 4 rings (SSSR count). The van der Waals surface area contributed by atoms with Crippen LogP contribution in [-0.2, 0) is 34.5 Å². The first kappa shape index (κ1) is 22.0. The molecule has 1 amide bonds. The largest absolute Gasteiger partial charge is 0.395 e. The Labute approximate surface area is 180 Å². The van der Waals surface area contributed by atoms with E-state index in [2.05, 4.69) is 15.2 Å². The van der Waals surface area contributed by atoms with Crippen LogP contribution >= 0.6 is 0 Å². The van der Waals surface area contributed by atoms with Crippen LogP contribution in [-0.4, -0.2) is 61.3 Å². The van der Waals surface area contributed by atoms with Gasteiger partial charge in [-0.3, -0.25) is 14.5 Å². The molecule has 1 atom stereocenters. The summed E-state index contributed by atoms with van der Waals surface area (Å²) in [7, 11) is -4.16. The standard InChI is InChI=1S/C18H17F3N6O4S/c19-14-2-1-3-22-17(14)13(10-28)18(29)25-5-11-6-27(24-15(11)8-25)32(30,31)12-4-23-26(7-12)9-16(20)21/h1-4,6-7,13,16,28H,5,8-10H2. The fourth-order valence-electron chi connectivity index (χ4n) is 3.39. The summed E-state index contributed by atoms with van der Waals surface area (Å²) in [4.78, 5) is 17.7. The highest BCUT2D eigenvalue weighted by Crippen LogP contribution is 2.28. The van der Waals surface area contributed by atoms with Crippen LogP contribution in [0.2, 0.25) is 0 Å². The van der Waals surface area contributed by atoms with E-state index in [0.29, 0.717) is 15.3 Å². The summed E-state index contributed by atoms with van der Waals surface area (Å²) in [5, 5.41) is 17.3. The number of hydrogen-bond acceptors (Lipinski definition) is 7. The molecule has 0 saturated carbocycles. The maximum Gasteiger partial charge on any atom is 0.286 e. The molecule has 0 fully saturated rings. The normalized spacial score (nSPS) is 14.7. The lowest BCUT2D eigenvalue weighted by atomic mass is 10.0. The summed E-state index contributed by atoms with van der Waals surface area (Å²) in [6.07, 6.45) is 1.78. The van der Waals surface area contributed by atoms with E-state index in [1.165, 1.54) is 23.4 Å². The van der Waals surface area contributed by atoms with Gasteiger partial charge < -0.3 is 10.0 Å². The number of aromatic nitrogens is 5. The molecule has 4 heterocycles. The Morgan fingerprint density at radius 1 is 1.25 bits per heavy atom. The first-order valence-corrected chi connectivity index (χ1v) is 10.8. The Kier molecular flexibility index (Phi) is 5.73. The van der Waals surface area contributed by atoms with Crippen LogP contribution in [0.4, 0.5) is 13.2 Å². The second-order valence-electron chi connectivity index (χ2n) is 7.07. The number of rotatable bonds is 7. The van der Waals surface area contributed by atoms with Gasteiger partial charge in [-0.1, -0.05) is 0 Å². The first-order valence-electron chi connectivity index (χ1n) is 9.34. The molecule has 10 nitrogen and oxygen atoms in total. The first-order chi connectivity index (χ1) is 15.2. The van der Waals surface area contributed by atoms with Crippen molar-refractivity contribution in [1.82, 2.24) is 28.9 Å². The van der Waals surface area contributed by atoms with Crippen molar-refractivity contribution < 1.29 is 31.5 Å². The molecule has 0 saturated heterocycles. The number of hydrogen-bond donors (Lipinski definition) is 1. The van der Waals surface area contributed by atoms with Gasteiger partial charge in [0, 0.05) is 30.7 Å².